The Morgan fingerprint density at radius 1 is 1.18 bits per heavy atom. The minimum Gasteiger partial charge on any atom is -0.493 e. The molecule has 3 aromatic rings. The minimum atomic E-state index is -3.35. The molecule has 0 atom stereocenters. The summed E-state index contributed by atoms with van der Waals surface area (Å²) in [6, 6.07) is 12.3. The SMILES string of the molecule is CCC(CC)(c1ccc2c(c1)CCO2)c1c[nH]c2c(NS(C)(=O)=O)cccc12. The molecule has 0 saturated heterocycles. The quantitative estimate of drug-likeness (QED) is 0.638. The van der Waals surface area contributed by atoms with Crippen LogP contribution >= 0.6 is 0 Å². The van der Waals surface area contributed by atoms with E-state index in [-0.39, 0.29) is 5.41 Å². The summed E-state index contributed by atoms with van der Waals surface area (Å²) in [4.78, 5) is 3.32. The lowest BCUT2D eigenvalue weighted by molar-refractivity contribution is 0.356. The summed E-state index contributed by atoms with van der Waals surface area (Å²) in [6.07, 6.45) is 6.04. The summed E-state index contributed by atoms with van der Waals surface area (Å²) in [5, 5.41) is 1.05. The number of ether oxygens (including phenoxy) is 1. The molecule has 0 radical (unpaired) electrons. The van der Waals surface area contributed by atoms with Gasteiger partial charge in [0.1, 0.15) is 5.75 Å². The fraction of sp³-hybridized carbons (Fsp3) is 0.364. The maximum absolute atomic E-state index is 11.8. The van der Waals surface area contributed by atoms with Gasteiger partial charge in [0.15, 0.2) is 0 Å². The van der Waals surface area contributed by atoms with E-state index in [1.165, 1.54) is 22.9 Å². The van der Waals surface area contributed by atoms with E-state index >= 15 is 0 Å². The zero-order valence-electron chi connectivity index (χ0n) is 16.5. The van der Waals surface area contributed by atoms with E-state index in [9.17, 15) is 8.42 Å². The average Bonchev–Trinajstić information content (AvgIpc) is 3.30. The number of fused-ring (bicyclic) bond motifs is 2. The second-order valence-corrected chi connectivity index (χ2v) is 9.26. The van der Waals surface area contributed by atoms with Crippen LogP contribution in [0.15, 0.2) is 42.6 Å². The van der Waals surface area contributed by atoms with Crippen molar-refractivity contribution in [2.45, 2.75) is 38.5 Å². The van der Waals surface area contributed by atoms with Crippen molar-refractivity contribution in [3.05, 3.63) is 59.3 Å². The maximum Gasteiger partial charge on any atom is 0.229 e. The summed E-state index contributed by atoms with van der Waals surface area (Å²) >= 11 is 0. The first-order chi connectivity index (χ1) is 13.4. The van der Waals surface area contributed by atoms with Crippen LogP contribution < -0.4 is 9.46 Å². The highest BCUT2D eigenvalue weighted by molar-refractivity contribution is 7.92. The molecule has 4 rings (SSSR count). The average molecular weight is 399 g/mol. The fourth-order valence-electron chi connectivity index (χ4n) is 4.51. The van der Waals surface area contributed by atoms with E-state index in [0.717, 1.165) is 42.5 Å². The zero-order chi connectivity index (χ0) is 19.9. The number of rotatable bonds is 6. The highest BCUT2D eigenvalue weighted by Gasteiger charge is 2.34. The van der Waals surface area contributed by atoms with Gasteiger partial charge in [0, 0.05) is 23.4 Å². The Bertz CT molecular complexity index is 1130. The zero-order valence-corrected chi connectivity index (χ0v) is 17.3. The van der Waals surface area contributed by atoms with Crippen molar-refractivity contribution in [3.63, 3.8) is 0 Å². The predicted octanol–water partition coefficient (Wildman–Crippen LogP) is 4.58. The third-order valence-electron chi connectivity index (χ3n) is 5.98. The highest BCUT2D eigenvalue weighted by Crippen LogP contribution is 2.44. The van der Waals surface area contributed by atoms with Gasteiger partial charge in [-0.3, -0.25) is 4.72 Å². The number of aromatic nitrogens is 1. The van der Waals surface area contributed by atoms with E-state index < -0.39 is 10.0 Å². The molecule has 1 aromatic heterocycles. The molecule has 5 nitrogen and oxygen atoms in total. The van der Waals surface area contributed by atoms with Gasteiger partial charge in [0.2, 0.25) is 10.0 Å². The Hall–Kier alpha value is -2.47. The lowest BCUT2D eigenvalue weighted by Crippen LogP contribution is -2.26. The molecule has 2 aromatic carbocycles. The van der Waals surface area contributed by atoms with Gasteiger partial charge in [-0.25, -0.2) is 8.42 Å². The van der Waals surface area contributed by atoms with E-state index in [2.05, 4.69) is 47.8 Å². The van der Waals surface area contributed by atoms with Gasteiger partial charge >= 0.3 is 0 Å². The van der Waals surface area contributed by atoms with Crippen LogP contribution in [-0.2, 0) is 21.9 Å². The monoisotopic (exact) mass is 398 g/mol. The first-order valence-electron chi connectivity index (χ1n) is 9.72. The van der Waals surface area contributed by atoms with E-state index in [1.807, 2.05) is 12.3 Å². The van der Waals surface area contributed by atoms with Crippen molar-refractivity contribution >= 4 is 26.6 Å². The number of para-hydroxylation sites is 1. The molecular formula is C22H26N2O3S. The van der Waals surface area contributed by atoms with Crippen molar-refractivity contribution in [2.75, 3.05) is 17.6 Å². The number of hydrogen-bond donors (Lipinski definition) is 2. The molecule has 28 heavy (non-hydrogen) atoms. The summed E-state index contributed by atoms with van der Waals surface area (Å²) in [5.41, 5.74) is 4.99. The lowest BCUT2D eigenvalue weighted by Gasteiger charge is -2.33. The number of H-pyrrole nitrogens is 1. The maximum atomic E-state index is 11.8. The number of benzene rings is 2. The number of aromatic amines is 1. The van der Waals surface area contributed by atoms with Crippen LogP contribution in [0, 0.1) is 0 Å². The molecule has 2 N–H and O–H groups in total. The Kier molecular flexibility index (Phi) is 4.62. The number of nitrogens with one attached hydrogen (secondary N) is 2. The Labute approximate surface area is 166 Å². The smallest absolute Gasteiger partial charge is 0.229 e. The largest absolute Gasteiger partial charge is 0.493 e. The van der Waals surface area contributed by atoms with Gasteiger partial charge in [-0.05, 0) is 41.7 Å². The predicted molar refractivity (Wildman–Crippen MR) is 114 cm³/mol. The molecule has 0 spiro atoms. The van der Waals surface area contributed by atoms with Gasteiger partial charge in [0.25, 0.3) is 0 Å². The van der Waals surface area contributed by atoms with Crippen LogP contribution in [0.3, 0.4) is 0 Å². The van der Waals surface area contributed by atoms with Crippen LogP contribution in [0.5, 0.6) is 5.75 Å². The summed E-state index contributed by atoms with van der Waals surface area (Å²) in [6.45, 7) is 5.17. The van der Waals surface area contributed by atoms with Crippen LogP contribution in [0.2, 0.25) is 0 Å². The lowest BCUT2D eigenvalue weighted by atomic mass is 9.70. The Morgan fingerprint density at radius 3 is 2.68 bits per heavy atom. The molecule has 0 bridgehead atoms. The molecule has 0 saturated carbocycles. The van der Waals surface area contributed by atoms with E-state index in [0.29, 0.717) is 5.69 Å². The molecule has 0 amide bonds. The number of hydrogen-bond acceptors (Lipinski definition) is 3. The van der Waals surface area contributed by atoms with Crippen molar-refractivity contribution in [3.8, 4) is 5.75 Å². The first-order valence-corrected chi connectivity index (χ1v) is 11.6. The normalized spacial score (nSPS) is 14.1. The molecule has 148 valence electrons. The molecule has 6 heteroatoms. The molecule has 0 aliphatic carbocycles. The van der Waals surface area contributed by atoms with E-state index in [4.69, 9.17) is 4.74 Å². The fourth-order valence-corrected chi connectivity index (χ4v) is 5.08. The van der Waals surface area contributed by atoms with Crippen LogP contribution in [0.1, 0.15) is 43.4 Å². The van der Waals surface area contributed by atoms with Gasteiger partial charge in [0.05, 0.1) is 24.1 Å². The first kappa shape index (κ1) is 18.9. The Morgan fingerprint density at radius 2 is 1.96 bits per heavy atom. The number of sulfonamides is 1. The highest BCUT2D eigenvalue weighted by atomic mass is 32.2. The standard InChI is InChI=1S/C22H26N2O3S/c1-4-22(5-2,16-9-10-20-15(13-16)11-12-27-20)18-14-23-21-17(18)7-6-8-19(21)24-28(3,25)26/h6-10,13-14,23-24H,4-5,11-12H2,1-3H3. The van der Waals surface area contributed by atoms with Crippen LogP contribution in [-0.4, -0.2) is 26.3 Å². The second-order valence-electron chi connectivity index (χ2n) is 7.51. The van der Waals surface area contributed by atoms with Crippen LogP contribution in [0.25, 0.3) is 10.9 Å². The summed E-state index contributed by atoms with van der Waals surface area (Å²) in [7, 11) is -3.35. The van der Waals surface area contributed by atoms with Crippen molar-refractivity contribution in [1.29, 1.82) is 0 Å². The van der Waals surface area contributed by atoms with E-state index in [1.54, 1.807) is 6.07 Å². The van der Waals surface area contributed by atoms with Gasteiger partial charge in [-0.2, -0.15) is 0 Å². The third kappa shape index (κ3) is 3.05. The summed E-state index contributed by atoms with van der Waals surface area (Å²) in [5.74, 6) is 0.989. The summed E-state index contributed by atoms with van der Waals surface area (Å²) < 4.78 is 31.8. The second kappa shape index (κ2) is 6.85. The molecule has 1 aliphatic heterocycles. The molecule has 2 heterocycles. The topological polar surface area (TPSA) is 71.2 Å². The van der Waals surface area contributed by atoms with Crippen molar-refractivity contribution < 1.29 is 13.2 Å². The Balaban J connectivity index is 1.89. The van der Waals surface area contributed by atoms with Gasteiger partial charge in [-0.1, -0.05) is 38.1 Å². The molecular weight excluding hydrogens is 372 g/mol. The third-order valence-corrected chi connectivity index (χ3v) is 6.57. The van der Waals surface area contributed by atoms with Crippen molar-refractivity contribution in [2.24, 2.45) is 0 Å². The molecule has 1 aliphatic rings. The minimum absolute atomic E-state index is 0.153. The van der Waals surface area contributed by atoms with Crippen molar-refractivity contribution in [1.82, 2.24) is 4.98 Å². The van der Waals surface area contributed by atoms with Gasteiger partial charge in [-0.15, -0.1) is 0 Å². The van der Waals surface area contributed by atoms with Gasteiger partial charge < -0.3 is 9.72 Å². The molecule has 0 unspecified atom stereocenters. The van der Waals surface area contributed by atoms with Crippen LogP contribution in [0.4, 0.5) is 5.69 Å². The number of anilines is 1. The molecule has 0 fully saturated rings.